The van der Waals surface area contributed by atoms with Gasteiger partial charge < -0.3 is 11.1 Å². The van der Waals surface area contributed by atoms with Crippen LogP contribution in [0.1, 0.15) is 28.3 Å². The summed E-state index contributed by atoms with van der Waals surface area (Å²) in [6.07, 6.45) is 0. The quantitative estimate of drug-likeness (QED) is 0.799. The van der Waals surface area contributed by atoms with Crippen LogP contribution in [0.3, 0.4) is 0 Å². The molecule has 17 heavy (non-hydrogen) atoms. The van der Waals surface area contributed by atoms with E-state index in [1.54, 1.807) is 0 Å². The van der Waals surface area contributed by atoms with Crippen molar-refractivity contribution in [2.24, 2.45) is 0 Å². The second kappa shape index (κ2) is 4.80. The molecule has 1 unspecified atom stereocenters. The van der Waals surface area contributed by atoms with Crippen molar-refractivity contribution < 1.29 is 0 Å². The van der Waals surface area contributed by atoms with Gasteiger partial charge >= 0.3 is 0 Å². The number of nitrogens with two attached hydrogens (primary N) is 1. The first kappa shape index (κ1) is 12.0. The zero-order valence-corrected chi connectivity index (χ0v) is 11.3. The van der Waals surface area contributed by atoms with Crippen LogP contribution in [0.5, 0.6) is 0 Å². The summed E-state index contributed by atoms with van der Waals surface area (Å²) in [5.74, 6) is 0. The van der Waals surface area contributed by atoms with Crippen molar-refractivity contribution in [1.82, 2.24) is 0 Å². The van der Waals surface area contributed by atoms with Gasteiger partial charge in [-0.1, -0.05) is 6.07 Å². The maximum Gasteiger partial charge on any atom is 0.0578 e. The highest BCUT2D eigenvalue weighted by molar-refractivity contribution is 7.12. The summed E-state index contributed by atoms with van der Waals surface area (Å²) < 4.78 is 0. The van der Waals surface area contributed by atoms with E-state index in [0.29, 0.717) is 6.04 Å². The van der Waals surface area contributed by atoms with Crippen molar-refractivity contribution in [2.75, 3.05) is 11.1 Å². The number of thiophene rings is 1. The van der Waals surface area contributed by atoms with E-state index in [1.807, 2.05) is 29.5 Å². The Labute approximate surface area is 106 Å². The topological polar surface area (TPSA) is 38.0 Å². The molecular weight excluding hydrogens is 228 g/mol. The van der Waals surface area contributed by atoms with Crippen LogP contribution in [0, 0.1) is 13.8 Å². The molecule has 1 aromatic carbocycles. The summed E-state index contributed by atoms with van der Waals surface area (Å²) in [6.45, 7) is 6.40. The molecule has 0 saturated heterocycles. The first-order valence-corrected chi connectivity index (χ1v) is 6.57. The Kier molecular flexibility index (Phi) is 3.38. The maximum atomic E-state index is 5.81. The highest BCUT2D eigenvalue weighted by Crippen LogP contribution is 2.27. The van der Waals surface area contributed by atoms with Crippen molar-refractivity contribution in [1.29, 1.82) is 0 Å². The molecule has 0 aliphatic carbocycles. The van der Waals surface area contributed by atoms with Gasteiger partial charge in [-0.3, -0.25) is 0 Å². The van der Waals surface area contributed by atoms with Gasteiger partial charge in [-0.2, -0.15) is 0 Å². The van der Waals surface area contributed by atoms with Gasteiger partial charge in [0.25, 0.3) is 0 Å². The molecule has 90 valence electrons. The van der Waals surface area contributed by atoms with Crippen molar-refractivity contribution in [2.45, 2.75) is 26.8 Å². The van der Waals surface area contributed by atoms with E-state index >= 15 is 0 Å². The first-order chi connectivity index (χ1) is 8.06. The van der Waals surface area contributed by atoms with E-state index in [9.17, 15) is 0 Å². The number of nitrogen functional groups attached to an aromatic ring is 1. The lowest BCUT2D eigenvalue weighted by molar-refractivity contribution is 0.906. The summed E-state index contributed by atoms with van der Waals surface area (Å²) in [5.41, 5.74) is 8.94. The Morgan fingerprint density at radius 3 is 2.59 bits per heavy atom. The molecule has 2 aromatic rings. The van der Waals surface area contributed by atoms with Gasteiger partial charge in [0.1, 0.15) is 0 Å². The number of nitrogens with one attached hydrogen (secondary N) is 1. The van der Waals surface area contributed by atoms with Gasteiger partial charge in [-0.15, -0.1) is 11.3 Å². The van der Waals surface area contributed by atoms with Gasteiger partial charge in [0, 0.05) is 21.1 Å². The number of benzene rings is 1. The van der Waals surface area contributed by atoms with Gasteiger partial charge in [0.2, 0.25) is 0 Å². The van der Waals surface area contributed by atoms with E-state index in [4.69, 9.17) is 5.73 Å². The van der Waals surface area contributed by atoms with Gasteiger partial charge in [0.15, 0.2) is 0 Å². The number of rotatable bonds is 3. The minimum Gasteiger partial charge on any atom is -0.399 e. The second-order valence-electron chi connectivity index (χ2n) is 4.39. The normalized spacial score (nSPS) is 12.4. The minimum absolute atomic E-state index is 0.314. The Hall–Kier alpha value is -1.48. The fourth-order valence-electron chi connectivity index (χ4n) is 1.79. The van der Waals surface area contributed by atoms with E-state index in [-0.39, 0.29) is 0 Å². The molecule has 2 rings (SSSR count). The summed E-state index contributed by atoms with van der Waals surface area (Å²) in [7, 11) is 0. The lowest BCUT2D eigenvalue weighted by Crippen LogP contribution is -2.06. The summed E-state index contributed by atoms with van der Waals surface area (Å²) in [5, 5.41) is 3.51. The fourth-order valence-corrected chi connectivity index (χ4v) is 2.67. The van der Waals surface area contributed by atoms with Gasteiger partial charge in [-0.25, -0.2) is 0 Å². The van der Waals surface area contributed by atoms with E-state index in [0.717, 1.165) is 11.4 Å². The number of hydrogen-bond donors (Lipinski definition) is 2. The predicted octanol–water partition coefficient (Wildman–Crippen LogP) is 4.12. The predicted molar refractivity (Wildman–Crippen MR) is 76.7 cm³/mol. The molecular formula is C14H18N2S. The fraction of sp³-hybridized carbons (Fsp3) is 0.286. The monoisotopic (exact) mass is 246 g/mol. The molecule has 1 aromatic heterocycles. The maximum absolute atomic E-state index is 5.81. The largest absolute Gasteiger partial charge is 0.399 e. The summed E-state index contributed by atoms with van der Waals surface area (Å²) in [4.78, 5) is 2.70. The molecule has 0 saturated carbocycles. The third-order valence-electron chi connectivity index (χ3n) is 2.82. The average molecular weight is 246 g/mol. The van der Waals surface area contributed by atoms with Crippen molar-refractivity contribution >= 4 is 22.7 Å². The molecule has 1 heterocycles. The van der Waals surface area contributed by atoms with Crippen LogP contribution in [-0.4, -0.2) is 0 Å². The zero-order valence-electron chi connectivity index (χ0n) is 10.4. The molecule has 0 amide bonds. The Balaban J connectivity index is 2.18. The Morgan fingerprint density at radius 1 is 1.18 bits per heavy atom. The van der Waals surface area contributed by atoms with Crippen LogP contribution in [0.15, 0.2) is 30.3 Å². The molecule has 0 bridgehead atoms. The van der Waals surface area contributed by atoms with Crippen molar-refractivity contribution in [3.05, 3.63) is 45.6 Å². The highest BCUT2D eigenvalue weighted by Gasteiger charge is 2.08. The SMILES string of the molecule is Cc1ccc(C(C)Nc2cc(N)ccc2C)s1. The number of hydrogen-bond acceptors (Lipinski definition) is 3. The molecule has 0 aliphatic rings. The van der Waals surface area contributed by atoms with E-state index < -0.39 is 0 Å². The number of anilines is 2. The van der Waals surface area contributed by atoms with Crippen LogP contribution in [0.4, 0.5) is 11.4 Å². The molecule has 0 aliphatic heterocycles. The molecule has 0 fully saturated rings. The second-order valence-corrected chi connectivity index (χ2v) is 5.71. The average Bonchev–Trinajstić information content (AvgIpc) is 2.70. The highest BCUT2D eigenvalue weighted by atomic mass is 32.1. The van der Waals surface area contributed by atoms with Crippen LogP contribution >= 0.6 is 11.3 Å². The smallest absolute Gasteiger partial charge is 0.0578 e. The molecule has 2 nitrogen and oxygen atoms in total. The lowest BCUT2D eigenvalue weighted by Gasteiger charge is -2.16. The van der Waals surface area contributed by atoms with Crippen LogP contribution in [0.2, 0.25) is 0 Å². The molecule has 1 atom stereocenters. The van der Waals surface area contributed by atoms with Gasteiger partial charge in [0.05, 0.1) is 6.04 Å². The van der Waals surface area contributed by atoms with Gasteiger partial charge in [-0.05, 0) is 50.6 Å². The molecule has 0 radical (unpaired) electrons. The summed E-state index contributed by atoms with van der Waals surface area (Å²) in [6, 6.07) is 10.6. The summed E-state index contributed by atoms with van der Waals surface area (Å²) >= 11 is 1.83. The molecule has 3 N–H and O–H groups in total. The Morgan fingerprint density at radius 2 is 1.94 bits per heavy atom. The molecule has 0 spiro atoms. The van der Waals surface area contributed by atoms with Crippen LogP contribution in [-0.2, 0) is 0 Å². The first-order valence-electron chi connectivity index (χ1n) is 5.75. The van der Waals surface area contributed by atoms with Crippen LogP contribution in [0.25, 0.3) is 0 Å². The van der Waals surface area contributed by atoms with E-state index in [2.05, 4.69) is 38.2 Å². The lowest BCUT2D eigenvalue weighted by atomic mass is 10.1. The standard InChI is InChI=1S/C14H18N2S/c1-9-4-6-12(15)8-13(9)16-11(3)14-7-5-10(2)17-14/h4-8,11,16H,15H2,1-3H3. The zero-order chi connectivity index (χ0) is 12.4. The number of aryl methyl sites for hydroxylation is 2. The minimum atomic E-state index is 0.314. The molecule has 3 heteroatoms. The van der Waals surface area contributed by atoms with Crippen molar-refractivity contribution in [3.63, 3.8) is 0 Å². The Bertz CT molecular complexity index is 517. The van der Waals surface area contributed by atoms with E-state index in [1.165, 1.54) is 15.3 Å². The third kappa shape index (κ3) is 2.80. The van der Waals surface area contributed by atoms with Crippen LogP contribution < -0.4 is 11.1 Å². The van der Waals surface area contributed by atoms with Crippen molar-refractivity contribution in [3.8, 4) is 0 Å². The third-order valence-corrected chi connectivity index (χ3v) is 4.00.